The number of hydrogen-bond donors (Lipinski definition) is 2. The molecule has 1 aromatic rings. The van der Waals surface area contributed by atoms with Gasteiger partial charge < -0.3 is 24.5 Å². The summed E-state index contributed by atoms with van der Waals surface area (Å²) >= 11 is 0. The normalized spacial score (nSPS) is 22.1. The summed E-state index contributed by atoms with van der Waals surface area (Å²) < 4.78 is 10.1. The second-order valence-electron chi connectivity index (χ2n) is 11.1. The molecule has 12 heteroatoms. The first-order valence-corrected chi connectivity index (χ1v) is 14.1. The highest BCUT2D eigenvalue weighted by molar-refractivity contribution is 5.89. The molecule has 0 saturated carbocycles. The maximum Gasteiger partial charge on any atom is 0.435 e. The van der Waals surface area contributed by atoms with Crippen molar-refractivity contribution in [3.63, 3.8) is 0 Å². The first-order valence-electron chi connectivity index (χ1n) is 14.1. The van der Waals surface area contributed by atoms with Crippen LogP contribution in [-0.2, 0) is 28.7 Å². The maximum absolute atomic E-state index is 11.7. The topological polar surface area (TPSA) is 136 Å². The lowest BCUT2D eigenvalue weighted by Crippen LogP contribution is -2.46. The largest absolute Gasteiger partial charge is 0.442 e. The van der Waals surface area contributed by atoms with Crippen molar-refractivity contribution < 1.29 is 38.3 Å². The van der Waals surface area contributed by atoms with Crippen LogP contribution in [0, 0.1) is 5.92 Å². The van der Waals surface area contributed by atoms with Crippen molar-refractivity contribution in [1.29, 1.82) is 0 Å². The zero-order chi connectivity index (χ0) is 30.4. The summed E-state index contributed by atoms with van der Waals surface area (Å²) in [5.41, 5.74) is 2.73. The van der Waals surface area contributed by atoms with E-state index in [0.29, 0.717) is 37.8 Å². The minimum absolute atomic E-state index is 0.204. The van der Waals surface area contributed by atoms with Crippen LogP contribution in [0.1, 0.15) is 63.7 Å². The van der Waals surface area contributed by atoms with Crippen LogP contribution in [0.5, 0.6) is 0 Å². The first kappa shape index (κ1) is 34.1. The van der Waals surface area contributed by atoms with Crippen LogP contribution in [0.15, 0.2) is 30.3 Å². The molecule has 2 N–H and O–H groups in total. The number of ketones is 1. The molecule has 41 heavy (non-hydrogen) atoms. The van der Waals surface area contributed by atoms with Gasteiger partial charge in [0.1, 0.15) is 17.4 Å². The molecule has 2 unspecified atom stereocenters. The number of Topliss-reactive ketones (excluding diaryl/α,β-unsaturated/α-hetero) is 1. The molecule has 4 rings (SSSR count). The van der Waals surface area contributed by atoms with E-state index < -0.39 is 17.7 Å². The van der Waals surface area contributed by atoms with Crippen LogP contribution < -0.4 is 10.8 Å². The third-order valence-electron chi connectivity index (χ3n) is 6.70. The maximum atomic E-state index is 11.7. The number of nitrogens with zero attached hydrogens (tertiary/aromatic N) is 2. The Kier molecular flexibility index (Phi) is 14.2. The summed E-state index contributed by atoms with van der Waals surface area (Å²) in [6, 6.07) is 8.87. The molecule has 0 aliphatic carbocycles. The Morgan fingerprint density at radius 3 is 2.27 bits per heavy atom. The van der Waals surface area contributed by atoms with E-state index in [4.69, 9.17) is 19.1 Å². The zero-order valence-electron chi connectivity index (χ0n) is 25.1. The minimum atomic E-state index is -0.626. The number of likely N-dealkylation sites (tertiary alicyclic amines) is 1. The molecular formula is C29H46N4O8. The summed E-state index contributed by atoms with van der Waals surface area (Å²) in [5.74, 6) is -0.105. The molecule has 1 aromatic carbocycles. The minimum Gasteiger partial charge on any atom is -0.442 e. The molecular weight excluding hydrogens is 532 g/mol. The average Bonchev–Trinajstić information content (AvgIpc) is 3.71. The van der Waals surface area contributed by atoms with Gasteiger partial charge in [-0.15, -0.1) is 0 Å². The summed E-state index contributed by atoms with van der Waals surface area (Å²) in [4.78, 5) is 57.7. The van der Waals surface area contributed by atoms with Crippen molar-refractivity contribution in [2.24, 2.45) is 5.92 Å². The third-order valence-corrected chi connectivity index (χ3v) is 6.70. The van der Waals surface area contributed by atoms with E-state index in [-0.39, 0.29) is 23.6 Å². The van der Waals surface area contributed by atoms with E-state index in [1.165, 1.54) is 13.5 Å². The van der Waals surface area contributed by atoms with Crippen molar-refractivity contribution in [2.75, 3.05) is 47.0 Å². The molecule has 3 aliphatic heterocycles. The van der Waals surface area contributed by atoms with Gasteiger partial charge in [-0.25, -0.2) is 9.59 Å². The Bertz CT molecular complexity index is 979. The van der Waals surface area contributed by atoms with Crippen LogP contribution in [0.3, 0.4) is 0 Å². The summed E-state index contributed by atoms with van der Waals surface area (Å²) in [6.07, 6.45) is 3.16. The molecule has 3 fully saturated rings. The molecule has 0 spiro atoms. The second kappa shape index (κ2) is 17.0. The highest BCUT2D eigenvalue weighted by Gasteiger charge is 2.38. The third kappa shape index (κ3) is 12.1. The van der Waals surface area contributed by atoms with Crippen LogP contribution >= 0.6 is 0 Å². The van der Waals surface area contributed by atoms with Crippen LogP contribution in [0.25, 0.3) is 0 Å². The van der Waals surface area contributed by atoms with Crippen LogP contribution in [0.2, 0.25) is 0 Å². The van der Waals surface area contributed by atoms with Crippen molar-refractivity contribution in [3.05, 3.63) is 35.9 Å². The van der Waals surface area contributed by atoms with Gasteiger partial charge in [0.15, 0.2) is 0 Å². The standard InChI is InChI=1S/C13H18N2O2.C10H18N2O4.C6H10O2/c1-15-9-5-8-12(15)10-14-17-13(16)11-6-3-2-4-7-11;1-10(2,3)16-9(14)12-7(5-6-15-12)8(13)11-4;1-5(7)6-2-3-8-4-6/h2-4,6-7,12,14H,5,8-10H2,1H3;7H,5-6H2,1-4H3,(H,11,13);6H,2-4H2,1H3/t12-;;/m0../s1. The van der Waals surface area contributed by atoms with Gasteiger partial charge in [-0.05, 0) is 72.7 Å². The van der Waals surface area contributed by atoms with Crippen molar-refractivity contribution in [3.8, 4) is 0 Å². The van der Waals surface area contributed by atoms with Crippen molar-refractivity contribution in [2.45, 2.75) is 71.1 Å². The molecule has 2 amide bonds. The van der Waals surface area contributed by atoms with E-state index in [9.17, 15) is 19.2 Å². The number of carbonyl (C=O) groups is 4. The number of hydroxylamine groups is 3. The van der Waals surface area contributed by atoms with Gasteiger partial charge >= 0.3 is 12.1 Å². The fourth-order valence-corrected chi connectivity index (χ4v) is 4.29. The van der Waals surface area contributed by atoms with Crippen molar-refractivity contribution >= 4 is 23.8 Å². The second-order valence-corrected chi connectivity index (χ2v) is 11.1. The first-order chi connectivity index (χ1) is 19.4. The number of carbonyl (C=O) groups excluding carboxylic acids is 4. The fraction of sp³-hybridized carbons (Fsp3) is 0.655. The molecule has 0 aromatic heterocycles. The van der Waals surface area contributed by atoms with Gasteiger partial charge in [-0.2, -0.15) is 10.5 Å². The average molecular weight is 579 g/mol. The van der Waals surface area contributed by atoms with Crippen LogP contribution in [-0.4, -0.2) is 98.4 Å². The quantitative estimate of drug-likeness (QED) is 0.485. The Balaban J connectivity index is 0.000000229. The predicted molar refractivity (Wildman–Crippen MR) is 152 cm³/mol. The highest BCUT2D eigenvalue weighted by Crippen LogP contribution is 2.19. The summed E-state index contributed by atoms with van der Waals surface area (Å²) in [7, 11) is 3.62. The Labute approximate surface area is 242 Å². The van der Waals surface area contributed by atoms with Gasteiger partial charge in [-0.1, -0.05) is 18.2 Å². The molecule has 0 radical (unpaired) electrons. The number of ether oxygens (including phenoxy) is 2. The molecule has 3 aliphatic rings. The van der Waals surface area contributed by atoms with Gasteiger partial charge in [0.05, 0.1) is 18.8 Å². The van der Waals surface area contributed by atoms with Crippen molar-refractivity contribution in [1.82, 2.24) is 20.8 Å². The molecule has 0 bridgehead atoms. The monoisotopic (exact) mass is 578 g/mol. The zero-order valence-corrected chi connectivity index (χ0v) is 25.1. The highest BCUT2D eigenvalue weighted by atomic mass is 16.7. The SMILES string of the molecule is CC(=O)C1CCOC1.CN1CCC[C@H]1CNOC(=O)c1ccccc1.CNC(=O)C1CCON1C(=O)OC(C)(C)C. The molecule has 230 valence electrons. The van der Waals surface area contributed by atoms with E-state index in [2.05, 4.69) is 22.7 Å². The molecule has 3 saturated heterocycles. The van der Waals surface area contributed by atoms with E-state index in [1.807, 2.05) is 18.2 Å². The van der Waals surface area contributed by atoms with Crippen LogP contribution in [0.4, 0.5) is 4.79 Å². The Morgan fingerprint density at radius 2 is 1.76 bits per heavy atom. The molecule has 3 atom stereocenters. The number of rotatable bonds is 6. The lowest BCUT2D eigenvalue weighted by Gasteiger charge is -2.26. The summed E-state index contributed by atoms with van der Waals surface area (Å²) in [6.45, 7) is 10.5. The van der Waals surface area contributed by atoms with E-state index in [0.717, 1.165) is 31.1 Å². The smallest absolute Gasteiger partial charge is 0.435 e. The Morgan fingerprint density at radius 1 is 1.05 bits per heavy atom. The van der Waals surface area contributed by atoms with Gasteiger partial charge in [0, 0.05) is 38.6 Å². The number of amides is 2. The van der Waals surface area contributed by atoms with E-state index in [1.54, 1.807) is 39.8 Å². The lowest BCUT2D eigenvalue weighted by molar-refractivity contribution is -0.146. The number of benzene rings is 1. The summed E-state index contributed by atoms with van der Waals surface area (Å²) in [5, 5.41) is 3.49. The molecule has 12 nitrogen and oxygen atoms in total. The number of hydrogen-bond acceptors (Lipinski definition) is 10. The van der Waals surface area contributed by atoms with Gasteiger partial charge in [0.25, 0.3) is 0 Å². The number of nitrogens with one attached hydrogen (secondary N) is 2. The lowest BCUT2D eigenvalue weighted by atomic mass is 10.1. The predicted octanol–water partition coefficient (Wildman–Crippen LogP) is 2.73. The van der Waals surface area contributed by atoms with Gasteiger partial charge in [0.2, 0.25) is 5.91 Å². The number of likely N-dealkylation sites (N-methyl/N-ethyl adjacent to an activating group) is 2. The Hall–Kier alpha value is -3.06. The fourth-order valence-electron chi connectivity index (χ4n) is 4.29. The molecule has 3 heterocycles. The van der Waals surface area contributed by atoms with Gasteiger partial charge in [-0.3, -0.25) is 14.4 Å². The van der Waals surface area contributed by atoms with E-state index >= 15 is 0 Å².